The summed E-state index contributed by atoms with van der Waals surface area (Å²) in [4.78, 5) is 4.22. The molecule has 1 aliphatic carbocycles. The summed E-state index contributed by atoms with van der Waals surface area (Å²) >= 11 is 0. The summed E-state index contributed by atoms with van der Waals surface area (Å²) in [5.74, 6) is 0. The Hall–Kier alpha value is -5.43. The Bertz CT molecular complexity index is 2250. The molecule has 0 saturated carbocycles. The molecule has 2 aliphatic heterocycles. The highest BCUT2D eigenvalue weighted by Crippen LogP contribution is 2.34. The molecule has 0 radical (unpaired) electrons. The van der Waals surface area contributed by atoms with Crippen LogP contribution in [-0.4, -0.2) is 5.71 Å². The number of nitrogens with zero attached hydrogens (tertiary/aromatic N) is 1. The zero-order chi connectivity index (χ0) is 30.0. The van der Waals surface area contributed by atoms with E-state index in [2.05, 4.69) is 150 Å². The monoisotopic (exact) mass is 566 g/mol. The number of aliphatic imine (C=N–C) groups is 1. The number of rotatable bonds is 5. The van der Waals surface area contributed by atoms with E-state index in [0.29, 0.717) is 0 Å². The third kappa shape index (κ3) is 4.86. The Balaban J connectivity index is 0.00000153. The van der Waals surface area contributed by atoms with Gasteiger partial charge in [0.25, 0.3) is 0 Å². The van der Waals surface area contributed by atoms with Gasteiger partial charge in [-0.15, -0.1) is 5.73 Å². The molecule has 1 unspecified atom stereocenters. The van der Waals surface area contributed by atoms with Crippen LogP contribution in [0.1, 0.15) is 32.4 Å². The second kappa shape index (κ2) is 11.7. The Morgan fingerprint density at radius 3 is 2.18 bits per heavy atom. The van der Waals surface area contributed by atoms with Gasteiger partial charge in [0.05, 0.1) is 11.8 Å². The van der Waals surface area contributed by atoms with Crippen molar-refractivity contribution >= 4 is 39.1 Å². The number of fused-ring (bicyclic) bond motifs is 3. The van der Waals surface area contributed by atoms with Gasteiger partial charge in [0, 0.05) is 22.7 Å². The van der Waals surface area contributed by atoms with E-state index in [1.165, 1.54) is 65.4 Å². The van der Waals surface area contributed by atoms with Crippen LogP contribution < -0.4 is 15.8 Å². The molecule has 0 fully saturated rings. The third-order valence-corrected chi connectivity index (χ3v) is 8.50. The van der Waals surface area contributed by atoms with Crippen molar-refractivity contribution in [3.8, 4) is 22.3 Å². The molecule has 2 nitrogen and oxygen atoms in total. The lowest BCUT2D eigenvalue weighted by atomic mass is 9.88. The van der Waals surface area contributed by atoms with Crippen LogP contribution in [0.25, 0.3) is 55.6 Å². The van der Waals surface area contributed by atoms with Crippen molar-refractivity contribution < 1.29 is 0 Å². The molecule has 0 bridgehead atoms. The van der Waals surface area contributed by atoms with E-state index in [4.69, 9.17) is 0 Å². The fraction of sp³-hybridized carbons (Fsp3) is 0.0952. The van der Waals surface area contributed by atoms with Crippen LogP contribution in [0.15, 0.2) is 150 Å². The van der Waals surface area contributed by atoms with E-state index in [-0.39, 0.29) is 6.04 Å². The second-order valence-electron chi connectivity index (χ2n) is 11.0. The molecule has 212 valence electrons. The van der Waals surface area contributed by atoms with E-state index < -0.39 is 0 Å². The fourth-order valence-electron chi connectivity index (χ4n) is 6.30. The molecule has 0 amide bonds. The largest absolute Gasteiger partial charge is 0.378 e. The van der Waals surface area contributed by atoms with Crippen molar-refractivity contribution in [3.63, 3.8) is 0 Å². The van der Waals surface area contributed by atoms with E-state index in [9.17, 15) is 0 Å². The molecule has 0 aromatic heterocycles. The van der Waals surface area contributed by atoms with Crippen LogP contribution in [0.3, 0.4) is 0 Å². The topological polar surface area (TPSA) is 24.4 Å². The molecule has 1 N–H and O–H groups in total. The second-order valence-corrected chi connectivity index (χ2v) is 11.0. The summed E-state index contributed by atoms with van der Waals surface area (Å²) in [6.45, 7) is 6.13. The number of hydrogen-bond donors (Lipinski definition) is 1. The first-order chi connectivity index (χ1) is 21.7. The summed E-state index contributed by atoms with van der Waals surface area (Å²) in [5.41, 5.74) is 13.1. The summed E-state index contributed by atoms with van der Waals surface area (Å²) in [7, 11) is 0. The maximum Gasteiger partial charge on any atom is 0.0698 e. The average molecular weight is 567 g/mol. The Morgan fingerprint density at radius 1 is 0.750 bits per heavy atom. The van der Waals surface area contributed by atoms with Gasteiger partial charge >= 0.3 is 0 Å². The van der Waals surface area contributed by atoms with Gasteiger partial charge in [-0.05, 0) is 91.9 Å². The van der Waals surface area contributed by atoms with Crippen molar-refractivity contribution in [2.75, 3.05) is 0 Å². The van der Waals surface area contributed by atoms with E-state index >= 15 is 0 Å². The molecule has 5 aromatic rings. The Labute approximate surface area is 258 Å². The molecular weight excluding hydrogens is 532 g/mol. The maximum atomic E-state index is 4.22. The fourth-order valence-corrected chi connectivity index (χ4v) is 6.30. The third-order valence-electron chi connectivity index (χ3n) is 8.50. The SMILES string of the molecule is CC.CC1=C(/C=C\C2=NC=C2)C=CC(c2ccc(-c3c4c(c(-c5ccc6ccccc6c5)c5ccccc35)=CC=C=4)cc2)N1. The van der Waals surface area contributed by atoms with E-state index in [0.717, 1.165) is 11.4 Å². The highest BCUT2D eigenvalue weighted by Gasteiger charge is 2.18. The smallest absolute Gasteiger partial charge is 0.0698 e. The molecule has 2 heterocycles. The quantitative estimate of drug-likeness (QED) is 0.225. The highest BCUT2D eigenvalue weighted by atomic mass is 14.9. The van der Waals surface area contributed by atoms with E-state index in [1.54, 1.807) is 0 Å². The van der Waals surface area contributed by atoms with Crippen LogP contribution >= 0.6 is 0 Å². The van der Waals surface area contributed by atoms with Gasteiger partial charge in [0.1, 0.15) is 0 Å². The minimum atomic E-state index is 0.134. The predicted octanol–water partition coefficient (Wildman–Crippen LogP) is 9.08. The first-order valence-electron chi connectivity index (χ1n) is 15.4. The molecule has 0 saturated heterocycles. The number of nitrogens with one attached hydrogen (secondary N) is 1. The van der Waals surface area contributed by atoms with E-state index in [1.807, 2.05) is 26.1 Å². The molecule has 8 rings (SSSR count). The molecule has 0 spiro atoms. The molecule has 2 heteroatoms. The van der Waals surface area contributed by atoms with Crippen LogP contribution in [-0.2, 0) is 0 Å². The van der Waals surface area contributed by atoms with Crippen molar-refractivity contribution in [3.05, 3.63) is 161 Å². The lowest BCUT2D eigenvalue weighted by Gasteiger charge is -2.23. The van der Waals surface area contributed by atoms with Crippen molar-refractivity contribution in [1.82, 2.24) is 5.32 Å². The summed E-state index contributed by atoms with van der Waals surface area (Å²) in [5, 5.41) is 11.1. The van der Waals surface area contributed by atoms with Crippen LogP contribution in [0.4, 0.5) is 0 Å². The summed E-state index contributed by atoms with van der Waals surface area (Å²) < 4.78 is 0. The number of allylic oxidation sites excluding steroid dienone is 7. The van der Waals surface area contributed by atoms with Crippen molar-refractivity contribution in [1.29, 1.82) is 0 Å². The van der Waals surface area contributed by atoms with Crippen LogP contribution in [0.2, 0.25) is 0 Å². The average Bonchev–Trinajstić information content (AvgIpc) is 3.53. The van der Waals surface area contributed by atoms with Crippen LogP contribution in [0, 0.1) is 0 Å². The summed E-state index contributed by atoms with van der Waals surface area (Å²) in [6.07, 6.45) is 16.7. The zero-order valence-corrected chi connectivity index (χ0v) is 25.3. The van der Waals surface area contributed by atoms with Gasteiger partial charge in [-0.1, -0.05) is 117 Å². The standard InChI is InChI=1S/C40H28N2.C2H6/c1-26-27(19-21-33-23-24-41-33)20-22-38(42-26)29-14-16-30(17-15-29)39-34-9-4-5-10-35(34)40(37-12-6-11-36(37)39)32-18-13-28-7-2-3-8-31(28)25-32;1-2/h2-10,12-25,38,42H,1H3;1-2H3/b21-19-;. The van der Waals surface area contributed by atoms with Gasteiger partial charge in [0.2, 0.25) is 0 Å². The maximum absolute atomic E-state index is 4.22. The van der Waals surface area contributed by atoms with Gasteiger partial charge in [0.15, 0.2) is 0 Å². The predicted molar refractivity (Wildman–Crippen MR) is 189 cm³/mol. The number of hydrogen-bond acceptors (Lipinski definition) is 2. The first kappa shape index (κ1) is 27.4. The molecule has 3 aliphatic rings. The molecule has 1 atom stereocenters. The van der Waals surface area contributed by atoms with Gasteiger partial charge in [-0.2, -0.15) is 0 Å². The normalized spacial score (nSPS) is 16.2. The van der Waals surface area contributed by atoms with Crippen molar-refractivity contribution in [2.24, 2.45) is 4.99 Å². The highest BCUT2D eigenvalue weighted by molar-refractivity contribution is 6.08. The zero-order valence-electron chi connectivity index (χ0n) is 25.3. The minimum absolute atomic E-state index is 0.134. The van der Waals surface area contributed by atoms with Gasteiger partial charge < -0.3 is 5.32 Å². The Morgan fingerprint density at radius 2 is 1.45 bits per heavy atom. The molecular formula is C42H34N2. The summed E-state index contributed by atoms with van der Waals surface area (Å²) in [6, 6.07) is 33.3. The number of dihydropyridines is 1. The Kier molecular flexibility index (Phi) is 7.28. The minimum Gasteiger partial charge on any atom is -0.378 e. The van der Waals surface area contributed by atoms with Crippen LogP contribution in [0.5, 0.6) is 0 Å². The number of benzene rings is 5. The van der Waals surface area contributed by atoms with Gasteiger partial charge in [-0.3, -0.25) is 4.99 Å². The van der Waals surface area contributed by atoms with Crippen molar-refractivity contribution in [2.45, 2.75) is 26.8 Å². The first-order valence-corrected chi connectivity index (χ1v) is 15.4. The molecule has 5 aromatic carbocycles. The lowest BCUT2D eigenvalue weighted by molar-refractivity contribution is 0.699. The molecule has 44 heavy (non-hydrogen) atoms. The van der Waals surface area contributed by atoms with Gasteiger partial charge in [-0.25, -0.2) is 0 Å². The lowest BCUT2D eigenvalue weighted by Crippen LogP contribution is -2.27.